The highest BCUT2D eigenvalue weighted by atomic mass is 79.9. The van der Waals surface area contributed by atoms with Crippen LogP contribution in [0.1, 0.15) is 32.8 Å². The van der Waals surface area contributed by atoms with Gasteiger partial charge in [0.2, 0.25) is 0 Å². The van der Waals surface area contributed by atoms with Gasteiger partial charge in [-0.15, -0.1) is 0 Å². The fraction of sp³-hybridized carbons (Fsp3) is 0.500. The van der Waals surface area contributed by atoms with Gasteiger partial charge in [-0.25, -0.2) is 0 Å². The van der Waals surface area contributed by atoms with Crippen LogP contribution in [-0.2, 0) is 0 Å². The number of nitrogens with two attached hydrogens (primary N) is 1. The average Bonchev–Trinajstić information content (AvgIpc) is 2.26. The van der Waals surface area contributed by atoms with Gasteiger partial charge in [-0.05, 0) is 37.5 Å². The van der Waals surface area contributed by atoms with Gasteiger partial charge in [0, 0.05) is 28.8 Å². The van der Waals surface area contributed by atoms with E-state index in [9.17, 15) is 0 Å². The molecule has 2 nitrogen and oxygen atoms in total. The SMILES string of the molecule is CC(C)CC(C)N(C)c1ccc(Br)cc1C(N)=S. The van der Waals surface area contributed by atoms with Crippen molar-refractivity contribution in [3.63, 3.8) is 0 Å². The Morgan fingerprint density at radius 2 is 2.00 bits per heavy atom. The molecule has 1 rings (SSSR count). The second-order valence-electron chi connectivity index (χ2n) is 5.12. The minimum atomic E-state index is 0.440. The highest BCUT2D eigenvalue weighted by Crippen LogP contribution is 2.26. The Balaban J connectivity index is 3.04. The zero-order valence-electron chi connectivity index (χ0n) is 11.4. The first kappa shape index (κ1) is 15.4. The molecule has 1 unspecified atom stereocenters. The van der Waals surface area contributed by atoms with Crippen LogP contribution in [0.25, 0.3) is 0 Å². The maximum atomic E-state index is 5.81. The Kier molecular flexibility index (Phi) is 5.60. The molecule has 0 aliphatic heterocycles. The molecule has 0 aromatic heterocycles. The lowest BCUT2D eigenvalue weighted by molar-refractivity contribution is 0.504. The van der Waals surface area contributed by atoms with Gasteiger partial charge in [0.1, 0.15) is 4.99 Å². The van der Waals surface area contributed by atoms with Crippen LogP contribution in [0.3, 0.4) is 0 Å². The van der Waals surface area contributed by atoms with Crippen LogP contribution >= 0.6 is 28.1 Å². The maximum absolute atomic E-state index is 5.81. The van der Waals surface area contributed by atoms with Gasteiger partial charge in [-0.3, -0.25) is 0 Å². The third-order valence-corrected chi connectivity index (χ3v) is 3.79. The Bertz CT molecular complexity index is 432. The summed E-state index contributed by atoms with van der Waals surface area (Å²) >= 11 is 8.59. The first-order valence-corrected chi connectivity index (χ1v) is 7.35. The quantitative estimate of drug-likeness (QED) is 0.829. The molecule has 4 heteroatoms. The van der Waals surface area contributed by atoms with Crippen LogP contribution in [-0.4, -0.2) is 18.1 Å². The van der Waals surface area contributed by atoms with E-state index in [1.165, 1.54) is 0 Å². The van der Waals surface area contributed by atoms with Crippen molar-refractivity contribution in [3.05, 3.63) is 28.2 Å². The molecule has 0 aliphatic carbocycles. The lowest BCUT2D eigenvalue weighted by Crippen LogP contribution is -2.31. The Morgan fingerprint density at radius 1 is 1.39 bits per heavy atom. The summed E-state index contributed by atoms with van der Waals surface area (Å²) in [4.78, 5) is 2.69. The molecule has 100 valence electrons. The summed E-state index contributed by atoms with van der Waals surface area (Å²) < 4.78 is 0.999. The number of rotatable bonds is 5. The van der Waals surface area contributed by atoms with E-state index in [1.807, 2.05) is 12.1 Å². The molecule has 1 atom stereocenters. The molecular formula is C14H21BrN2S. The van der Waals surface area contributed by atoms with Crippen molar-refractivity contribution in [2.45, 2.75) is 33.2 Å². The third-order valence-electron chi connectivity index (χ3n) is 3.08. The minimum absolute atomic E-state index is 0.440. The van der Waals surface area contributed by atoms with E-state index in [-0.39, 0.29) is 0 Å². The lowest BCUT2D eigenvalue weighted by atomic mass is 10.0. The predicted molar refractivity (Wildman–Crippen MR) is 87.3 cm³/mol. The zero-order chi connectivity index (χ0) is 13.9. The third kappa shape index (κ3) is 3.95. The van der Waals surface area contributed by atoms with Crippen molar-refractivity contribution in [1.29, 1.82) is 0 Å². The standard InChI is InChI=1S/C14H21BrN2S/c1-9(2)7-10(3)17(4)13-6-5-11(15)8-12(13)14(16)18/h5-6,8-10H,7H2,1-4H3,(H2,16,18). The van der Waals surface area contributed by atoms with Crippen LogP contribution in [0.4, 0.5) is 5.69 Å². The zero-order valence-corrected chi connectivity index (χ0v) is 13.8. The molecule has 0 saturated heterocycles. The van der Waals surface area contributed by atoms with Gasteiger partial charge in [-0.2, -0.15) is 0 Å². The van der Waals surface area contributed by atoms with Crippen molar-refractivity contribution >= 4 is 38.8 Å². The topological polar surface area (TPSA) is 29.3 Å². The van der Waals surface area contributed by atoms with Crippen LogP contribution in [0, 0.1) is 5.92 Å². The summed E-state index contributed by atoms with van der Waals surface area (Å²) in [5.74, 6) is 0.672. The number of hydrogen-bond acceptors (Lipinski definition) is 2. The van der Waals surface area contributed by atoms with E-state index in [0.29, 0.717) is 16.9 Å². The van der Waals surface area contributed by atoms with Crippen LogP contribution < -0.4 is 10.6 Å². The van der Waals surface area contributed by atoms with Gasteiger partial charge in [-0.1, -0.05) is 42.0 Å². The summed E-state index contributed by atoms with van der Waals surface area (Å²) in [6.07, 6.45) is 1.14. The molecule has 0 amide bonds. The van der Waals surface area contributed by atoms with Crippen LogP contribution in [0.15, 0.2) is 22.7 Å². The molecule has 0 heterocycles. The fourth-order valence-corrected chi connectivity index (χ4v) is 2.62. The molecule has 0 fully saturated rings. The molecule has 18 heavy (non-hydrogen) atoms. The second kappa shape index (κ2) is 6.53. The molecule has 0 saturated carbocycles. The van der Waals surface area contributed by atoms with E-state index in [1.54, 1.807) is 0 Å². The van der Waals surface area contributed by atoms with Crippen LogP contribution in [0.2, 0.25) is 0 Å². The van der Waals surface area contributed by atoms with Crippen molar-refractivity contribution < 1.29 is 0 Å². The Labute approximate surface area is 124 Å². The summed E-state index contributed by atoms with van der Waals surface area (Å²) in [5.41, 5.74) is 7.83. The average molecular weight is 329 g/mol. The number of halogens is 1. The molecule has 0 bridgehead atoms. The van der Waals surface area contributed by atoms with E-state index in [4.69, 9.17) is 18.0 Å². The summed E-state index contributed by atoms with van der Waals surface area (Å²) in [5, 5.41) is 0. The van der Waals surface area contributed by atoms with Gasteiger partial charge in [0.25, 0.3) is 0 Å². The second-order valence-corrected chi connectivity index (χ2v) is 6.47. The van der Waals surface area contributed by atoms with E-state index >= 15 is 0 Å². The molecule has 1 aromatic rings. The summed E-state index contributed by atoms with van der Waals surface area (Å²) in [6, 6.07) is 6.53. The molecular weight excluding hydrogens is 308 g/mol. The van der Waals surface area contributed by atoms with Crippen molar-refractivity contribution in [2.75, 3.05) is 11.9 Å². The van der Waals surface area contributed by atoms with E-state index in [0.717, 1.165) is 22.1 Å². The normalized spacial score (nSPS) is 12.6. The first-order valence-electron chi connectivity index (χ1n) is 6.15. The smallest absolute Gasteiger partial charge is 0.106 e. The summed E-state index contributed by atoms with van der Waals surface area (Å²) in [7, 11) is 2.10. The highest BCUT2D eigenvalue weighted by Gasteiger charge is 2.16. The predicted octanol–water partition coefficient (Wildman–Crippen LogP) is 3.95. The largest absolute Gasteiger partial charge is 0.389 e. The molecule has 2 N–H and O–H groups in total. The van der Waals surface area contributed by atoms with Gasteiger partial charge in [0.15, 0.2) is 0 Å². The number of thiocarbonyl (C=S) groups is 1. The number of benzene rings is 1. The van der Waals surface area contributed by atoms with E-state index < -0.39 is 0 Å². The monoisotopic (exact) mass is 328 g/mol. The van der Waals surface area contributed by atoms with Crippen LogP contribution in [0.5, 0.6) is 0 Å². The van der Waals surface area contributed by atoms with Gasteiger partial charge >= 0.3 is 0 Å². The van der Waals surface area contributed by atoms with Crippen molar-refractivity contribution in [2.24, 2.45) is 11.7 Å². The molecule has 1 aromatic carbocycles. The van der Waals surface area contributed by atoms with Crippen molar-refractivity contribution in [1.82, 2.24) is 0 Å². The highest BCUT2D eigenvalue weighted by molar-refractivity contribution is 9.10. The van der Waals surface area contributed by atoms with Gasteiger partial charge in [0.05, 0.1) is 0 Å². The number of hydrogen-bond donors (Lipinski definition) is 1. The number of anilines is 1. The fourth-order valence-electron chi connectivity index (χ4n) is 2.09. The number of nitrogens with zero attached hydrogens (tertiary/aromatic N) is 1. The van der Waals surface area contributed by atoms with Crippen molar-refractivity contribution in [3.8, 4) is 0 Å². The lowest BCUT2D eigenvalue weighted by Gasteiger charge is -2.30. The molecule has 0 spiro atoms. The minimum Gasteiger partial charge on any atom is -0.389 e. The first-order chi connectivity index (χ1) is 8.32. The molecule has 0 aliphatic rings. The Morgan fingerprint density at radius 3 is 2.50 bits per heavy atom. The maximum Gasteiger partial charge on any atom is 0.106 e. The van der Waals surface area contributed by atoms with Gasteiger partial charge < -0.3 is 10.6 Å². The van der Waals surface area contributed by atoms with E-state index in [2.05, 4.69) is 54.7 Å². The Hall–Kier alpha value is -0.610. The summed E-state index contributed by atoms with van der Waals surface area (Å²) in [6.45, 7) is 6.70. The molecule has 0 radical (unpaired) electrons.